The molecule has 0 unspecified atom stereocenters. The molecule has 1 amide bonds. The van der Waals surface area contributed by atoms with E-state index in [2.05, 4.69) is 34.4 Å². The minimum absolute atomic E-state index is 0. The number of rotatable bonds is 10. The van der Waals surface area contributed by atoms with Crippen LogP contribution in [0.5, 0.6) is 0 Å². The van der Waals surface area contributed by atoms with Crippen molar-refractivity contribution < 1.29 is 4.79 Å². The van der Waals surface area contributed by atoms with Crippen molar-refractivity contribution in [1.29, 1.82) is 0 Å². The van der Waals surface area contributed by atoms with Crippen LogP contribution in [0.2, 0.25) is 0 Å². The molecule has 0 saturated heterocycles. The van der Waals surface area contributed by atoms with E-state index in [0.717, 1.165) is 64.2 Å². The summed E-state index contributed by atoms with van der Waals surface area (Å²) in [5, 5.41) is 6.77. The van der Waals surface area contributed by atoms with Crippen molar-refractivity contribution in [1.82, 2.24) is 20.4 Å². The number of hydrogen-bond donors (Lipinski definition) is 2. The van der Waals surface area contributed by atoms with Crippen molar-refractivity contribution in [2.75, 3.05) is 53.9 Å². The van der Waals surface area contributed by atoms with Gasteiger partial charge in [-0.15, -0.1) is 24.0 Å². The Morgan fingerprint density at radius 2 is 1.69 bits per heavy atom. The van der Waals surface area contributed by atoms with Crippen molar-refractivity contribution in [2.24, 2.45) is 10.4 Å². The van der Waals surface area contributed by atoms with Crippen LogP contribution in [0.15, 0.2) is 4.99 Å². The Morgan fingerprint density at radius 1 is 1.08 bits per heavy atom. The molecule has 2 N–H and O–H groups in total. The van der Waals surface area contributed by atoms with Crippen molar-refractivity contribution >= 4 is 35.8 Å². The highest BCUT2D eigenvalue weighted by Crippen LogP contribution is 2.38. The summed E-state index contributed by atoms with van der Waals surface area (Å²) in [6, 6.07) is 0. The molecule has 0 aromatic heterocycles. The lowest BCUT2D eigenvalue weighted by Crippen LogP contribution is -2.49. The van der Waals surface area contributed by atoms with E-state index in [4.69, 9.17) is 0 Å². The highest BCUT2D eigenvalue weighted by Gasteiger charge is 2.42. The largest absolute Gasteiger partial charge is 0.356 e. The van der Waals surface area contributed by atoms with Crippen molar-refractivity contribution in [3.05, 3.63) is 0 Å². The molecule has 7 heteroatoms. The number of nitrogens with one attached hydrogen (secondary N) is 2. The first-order chi connectivity index (χ1) is 12.0. The molecule has 0 aromatic rings. The van der Waals surface area contributed by atoms with Gasteiger partial charge < -0.3 is 20.4 Å². The highest BCUT2D eigenvalue weighted by atomic mass is 127. The smallest absolute Gasteiger partial charge is 0.230 e. The van der Waals surface area contributed by atoms with Gasteiger partial charge >= 0.3 is 0 Å². The summed E-state index contributed by atoms with van der Waals surface area (Å²) in [6.45, 7) is 9.40. The number of hydrogen-bond acceptors (Lipinski definition) is 3. The van der Waals surface area contributed by atoms with Crippen molar-refractivity contribution in [3.8, 4) is 0 Å². The predicted octanol–water partition coefficient (Wildman–Crippen LogP) is 2.54. The van der Waals surface area contributed by atoms with E-state index < -0.39 is 0 Å². The third-order valence-corrected chi connectivity index (χ3v) is 5.33. The van der Waals surface area contributed by atoms with Crippen molar-refractivity contribution in [2.45, 2.75) is 52.4 Å². The van der Waals surface area contributed by atoms with Crippen LogP contribution in [0, 0.1) is 5.41 Å². The van der Waals surface area contributed by atoms with Crippen molar-refractivity contribution in [3.63, 3.8) is 0 Å². The molecule has 0 spiro atoms. The van der Waals surface area contributed by atoms with E-state index in [1.165, 1.54) is 6.42 Å². The fourth-order valence-corrected chi connectivity index (χ4v) is 3.67. The van der Waals surface area contributed by atoms with Crippen LogP contribution in [0.1, 0.15) is 52.4 Å². The lowest BCUT2D eigenvalue weighted by molar-refractivity contribution is -0.138. The standard InChI is InChI=1S/C19H39N5O.HI/c1-6-24(7-2)15-11-10-14-21-18(20-3)22-16-19(12-8-9-13-19)17(25)23(4)5;/h6-16H2,1-5H3,(H2,20,21,22);1H. The SMILES string of the molecule is CCN(CC)CCCCNC(=NC)NCC1(C(=O)N(C)C)CCCC1.I. The maximum absolute atomic E-state index is 12.6. The Labute approximate surface area is 177 Å². The number of nitrogens with zero attached hydrogens (tertiary/aromatic N) is 3. The maximum atomic E-state index is 12.6. The topological polar surface area (TPSA) is 60.0 Å². The third-order valence-electron chi connectivity index (χ3n) is 5.33. The van der Waals surface area contributed by atoms with Crippen LogP contribution >= 0.6 is 24.0 Å². The lowest BCUT2D eigenvalue weighted by Gasteiger charge is -2.31. The van der Waals surface area contributed by atoms with Gasteiger partial charge in [0.2, 0.25) is 5.91 Å². The van der Waals surface area contributed by atoms with E-state index in [1.807, 2.05) is 14.1 Å². The van der Waals surface area contributed by atoms with E-state index in [9.17, 15) is 4.79 Å². The van der Waals surface area contributed by atoms with E-state index in [-0.39, 0.29) is 35.3 Å². The number of amides is 1. The van der Waals surface area contributed by atoms with E-state index in [1.54, 1.807) is 11.9 Å². The fraction of sp³-hybridized carbons (Fsp3) is 0.895. The monoisotopic (exact) mass is 481 g/mol. The Hall–Kier alpha value is -0.570. The van der Waals surface area contributed by atoms with Crippen LogP contribution in [0.25, 0.3) is 0 Å². The molecule has 1 aliphatic rings. The molecule has 26 heavy (non-hydrogen) atoms. The summed E-state index contributed by atoms with van der Waals surface area (Å²) in [5.74, 6) is 1.05. The number of carbonyl (C=O) groups excluding carboxylic acids is 1. The van der Waals surface area contributed by atoms with Crippen LogP contribution in [0.4, 0.5) is 0 Å². The normalized spacial score (nSPS) is 16.3. The molecule has 0 atom stereocenters. The van der Waals surface area contributed by atoms with Gasteiger partial charge in [-0.3, -0.25) is 9.79 Å². The minimum atomic E-state index is -0.260. The van der Waals surface area contributed by atoms with Crippen LogP contribution < -0.4 is 10.6 Å². The minimum Gasteiger partial charge on any atom is -0.356 e. The van der Waals surface area contributed by atoms with Gasteiger partial charge in [0.1, 0.15) is 0 Å². The average molecular weight is 481 g/mol. The molecule has 0 aliphatic heterocycles. The van der Waals surface area contributed by atoms with Gasteiger partial charge in [0.15, 0.2) is 5.96 Å². The molecule has 1 fully saturated rings. The number of guanidine groups is 1. The first-order valence-electron chi connectivity index (χ1n) is 9.87. The zero-order chi connectivity index (χ0) is 18.7. The second-order valence-electron chi connectivity index (χ2n) is 7.27. The first-order valence-corrected chi connectivity index (χ1v) is 9.87. The quantitative estimate of drug-likeness (QED) is 0.218. The summed E-state index contributed by atoms with van der Waals surface area (Å²) in [5.41, 5.74) is -0.260. The molecule has 0 radical (unpaired) electrons. The molecule has 0 aromatic carbocycles. The van der Waals surface area contributed by atoms with Crippen LogP contribution in [-0.2, 0) is 4.79 Å². The molecule has 6 nitrogen and oxygen atoms in total. The number of carbonyl (C=O) groups is 1. The molecule has 1 aliphatic carbocycles. The molecular formula is C19H40IN5O. The van der Waals surface area contributed by atoms with E-state index >= 15 is 0 Å². The molecular weight excluding hydrogens is 441 g/mol. The zero-order valence-electron chi connectivity index (χ0n) is 17.4. The van der Waals surface area contributed by atoms with Gasteiger partial charge in [0.05, 0.1) is 5.41 Å². The molecule has 1 rings (SSSR count). The molecule has 154 valence electrons. The Kier molecular flexibility index (Phi) is 13.3. The van der Waals surface area contributed by atoms with Crippen LogP contribution in [-0.4, -0.2) is 75.5 Å². The third kappa shape index (κ3) is 7.98. The highest BCUT2D eigenvalue weighted by molar-refractivity contribution is 14.0. The molecule has 0 bridgehead atoms. The second-order valence-corrected chi connectivity index (χ2v) is 7.27. The van der Waals surface area contributed by atoms with Gasteiger partial charge in [-0.2, -0.15) is 0 Å². The summed E-state index contributed by atoms with van der Waals surface area (Å²) < 4.78 is 0. The number of unbranched alkanes of at least 4 members (excludes halogenated alkanes) is 1. The fourth-order valence-electron chi connectivity index (χ4n) is 3.67. The summed E-state index contributed by atoms with van der Waals surface area (Å²) >= 11 is 0. The average Bonchev–Trinajstić information content (AvgIpc) is 3.10. The molecule has 0 heterocycles. The van der Waals surface area contributed by atoms with Gasteiger partial charge in [-0.05, 0) is 45.3 Å². The number of aliphatic imine (C=N–C) groups is 1. The molecule has 1 saturated carbocycles. The Balaban J connectivity index is 0.00000625. The van der Waals surface area contributed by atoms with Gasteiger partial charge in [0, 0.05) is 34.2 Å². The van der Waals surface area contributed by atoms with Gasteiger partial charge in [0.25, 0.3) is 0 Å². The van der Waals surface area contributed by atoms with Gasteiger partial charge in [-0.25, -0.2) is 0 Å². The summed E-state index contributed by atoms with van der Waals surface area (Å²) in [7, 11) is 5.50. The zero-order valence-corrected chi connectivity index (χ0v) is 19.8. The lowest BCUT2D eigenvalue weighted by atomic mass is 9.84. The Morgan fingerprint density at radius 3 is 2.19 bits per heavy atom. The van der Waals surface area contributed by atoms with Gasteiger partial charge in [-0.1, -0.05) is 26.7 Å². The van der Waals surface area contributed by atoms with E-state index in [0.29, 0.717) is 6.54 Å². The first kappa shape index (κ1) is 25.4. The van der Waals surface area contributed by atoms with Crippen LogP contribution in [0.3, 0.4) is 0 Å². The summed E-state index contributed by atoms with van der Waals surface area (Å²) in [6.07, 6.45) is 6.53. The predicted molar refractivity (Wildman–Crippen MR) is 121 cm³/mol. The summed E-state index contributed by atoms with van der Waals surface area (Å²) in [4.78, 5) is 21.1. The Bertz CT molecular complexity index is 418. The second kappa shape index (κ2) is 13.6. The number of halogens is 1. The maximum Gasteiger partial charge on any atom is 0.230 e.